The summed E-state index contributed by atoms with van der Waals surface area (Å²) in [5.41, 5.74) is 1.52. The average Bonchev–Trinajstić information content (AvgIpc) is 2.93. The summed E-state index contributed by atoms with van der Waals surface area (Å²) in [4.78, 5) is 2.93. The van der Waals surface area contributed by atoms with Crippen LogP contribution < -0.4 is 5.32 Å². The van der Waals surface area contributed by atoms with Crippen LogP contribution in [0.4, 0.5) is 0 Å². The van der Waals surface area contributed by atoms with E-state index in [1.54, 1.807) is 0 Å². The number of nitrogens with one attached hydrogen (secondary N) is 1. The van der Waals surface area contributed by atoms with Gasteiger partial charge in [0.1, 0.15) is 0 Å². The molecule has 17 heavy (non-hydrogen) atoms. The number of rotatable bonds is 3. The first-order valence-electron chi connectivity index (χ1n) is 6.96. The molecular weight excluding hydrogens is 226 g/mol. The lowest BCUT2D eigenvalue weighted by Gasteiger charge is -2.27. The number of hydrogen-bond donors (Lipinski definition) is 1. The molecule has 1 heterocycles. The molecule has 1 aromatic heterocycles. The van der Waals surface area contributed by atoms with Gasteiger partial charge in [-0.2, -0.15) is 0 Å². The lowest BCUT2D eigenvalue weighted by Crippen LogP contribution is -2.35. The van der Waals surface area contributed by atoms with E-state index in [-0.39, 0.29) is 0 Å². The van der Waals surface area contributed by atoms with Crippen molar-refractivity contribution in [3.8, 4) is 0 Å². The summed E-state index contributed by atoms with van der Waals surface area (Å²) in [6, 6.07) is 3.69. The highest BCUT2D eigenvalue weighted by Gasteiger charge is 2.39. The molecule has 0 aromatic carbocycles. The summed E-state index contributed by atoms with van der Waals surface area (Å²) >= 11 is 1.93. The highest BCUT2D eigenvalue weighted by Crippen LogP contribution is 2.45. The largest absolute Gasteiger partial charge is 0.307 e. The lowest BCUT2D eigenvalue weighted by atomic mass is 9.94. The third-order valence-electron chi connectivity index (χ3n) is 4.75. The van der Waals surface area contributed by atoms with E-state index in [4.69, 9.17) is 0 Å². The molecule has 2 aliphatic carbocycles. The van der Waals surface area contributed by atoms with E-state index in [0.717, 1.165) is 17.9 Å². The molecule has 0 aliphatic heterocycles. The van der Waals surface area contributed by atoms with E-state index in [0.29, 0.717) is 6.04 Å². The van der Waals surface area contributed by atoms with Gasteiger partial charge in [-0.3, -0.25) is 0 Å². The van der Waals surface area contributed by atoms with Crippen molar-refractivity contribution >= 4 is 11.3 Å². The van der Waals surface area contributed by atoms with Crippen LogP contribution in [0, 0.1) is 25.7 Å². The Labute approximate surface area is 109 Å². The number of thiophene rings is 1. The Bertz CT molecular complexity index is 409. The van der Waals surface area contributed by atoms with Crippen molar-refractivity contribution in [3.63, 3.8) is 0 Å². The molecule has 1 nitrogen and oxygen atoms in total. The fourth-order valence-corrected chi connectivity index (χ4v) is 4.96. The van der Waals surface area contributed by atoms with Crippen LogP contribution in [0.25, 0.3) is 0 Å². The zero-order chi connectivity index (χ0) is 12.0. The Hall–Kier alpha value is -0.340. The molecule has 1 aromatic rings. The Kier molecular flexibility index (Phi) is 3.04. The summed E-state index contributed by atoms with van der Waals surface area (Å²) in [5, 5.41) is 3.89. The Balaban J connectivity index is 1.67. The van der Waals surface area contributed by atoms with Crippen LogP contribution in [-0.2, 0) is 0 Å². The molecule has 2 bridgehead atoms. The van der Waals surface area contributed by atoms with Gasteiger partial charge >= 0.3 is 0 Å². The van der Waals surface area contributed by atoms with Crippen molar-refractivity contribution in [1.82, 2.24) is 5.32 Å². The molecule has 0 spiro atoms. The summed E-state index contributed by atoms with van der Waals surface area (Å²) < 4.78 is 0. The molecule has 2 heteroatoms. The quantitative estimate of drug-likeness (QED) is 0.846. The SMILES string of the molecule is Cc1cc(C(C)NC2CC3CCC2C3)c(C)s1. The molecule has 0 amide bonds. The minimum absolute atomic E-state index is 0.532. The molecule has 4 unspecified atom stereocenters. The fourth-order valence-electron chi connectivity index (χ4n) is 3.94. The summed E-state index contributed by atoms with van der Waals surface area (Å²) in [5.74, 6) is 2.01. The highest BCUT2D eigenvalue weighted by molar-refractivity contribution is 7.12. The monoisotopic (exact) mass is 249 g/mol. The van der Waals surface area contributed by atoms with E-state index in [1.807, 2.05) is 11.3 Å². The summed E-state index contributed by atoms with van der Waals surface area (Å²) in [6.07, 6.45) is 5.88. The Morgan fingerprint density at radius 2 is 2.12 bits per heavy atom. The second kappa shape index (κ2) is 4.40. The second-order valence-electron chi connectivity index (χ2n) is 6.04. The van der Waals surface area contributed by atoms with Crippen LogP contribution in [0.5, 0.6) is 0 Å². The van der Waals surface area contributed by atoms with Gasteiger partial charge in [0, 0.05) is 21.8 Å². The molecule has 0 saturated heterocycles. The van der Waals surface area contributed by atoms with Gasteiger partial charge in [-0.1, -0.05) is 6.42 Å². The minimum atomic E-state index is 0.532. The van der Waals surface area contributed by atoms with Gasteiger partial charge in [-0.05, 0) is 63.5 Å². The van der Waals surface area contributed by atoms with Gasteiger partial charge in [-0.25, -0.2) is 0 Å². The third-order valence-corrected chi connectivity index (χ3v) is 5.73. The first kappa shape index (κ1) is 11.7. The van der Waals surface area contributed by atoms with Crippen LogP contribution in [0.2, 0.25) is 0 Å². The van der Waals surface area contributed by atoms with E-state index in [9.17, 15) is 0 Å². The molecule has 2 saturated carbocycles. The van der Waals surface area contributed by atoms with E-state index in [2.05, 4.69) is 32.2 Å². The third kappa shape index (κ3) is 2.17. The molecule has 2 aliphatic rings. The van der Waals surface area contributed by atoms with Crippen molar-refractivity contribution in [1.29, 1.82) is 0 Å². The summed E-state index contributed by atoms with van der Waals surface area (Å²) in [7, 11) is 0. The topological polar surface area (TPSA) is 12.0 Å². The van der Waals surface area contributed by atoms with Gasteiger partial charge < -0.3 is 5.32 Å². The zero-order valence-corrected chi connectivity index (χ0v) is 11.9. The van der Waals surface area contributed by atoms with Crippen molar-refractivity contribution in [2.45, 2.75) is 58.5 Å². The lowest BCUT2D eigenvalue weighted by molar-refractivity contribution is 0.327. The first-order valence-corrected chi connectivity index (χ1v) is 7.78. The van der Waals surface area contributed by atoms with Crippen LogP contribution in [0.3, 0.4) is 0 Å². The average molecular weight is 249 g/mol. The van der Waals surface area contributed by atoms with E-state index < -0.39 is 0 Å². The van der Waals surface area contributed by atoms with Gasteiger partial charge in [0.25, 0.3) is 0 Å². The smallest absolute Gasteiger partial charge is 0.0305 e. The maximum atomic E-state index is 3.89. The minimum Gasteiger partial charge on any atom is -0.307 e. The highest BCUT2D eigenvalue weighted by atomic mass is 32.1. The number of aryl methyl sites for hydroxylation is 2. The second-order valence-corrected chi connectivity index (χ2v) is 7.50. The zero-order valence-electron chi connectivity index (χ0n) is 11.1. The van der Waals surface area contributed by atoms with Crippen molar-refractivity contribution in [2.75, 3.05) is 0 Å². The standard InChI is InChI=1S/C15H23NS/c1-9-6-14(11(3)17-9)10(2)16-15-8-12-4-5-13(15)7-12/h6,10,12-13,15-16H,4-5,7-8H2,1-3H3. The summed E-state index contributed by atoms with van der Waals surface area (Å²) in [6.45, 7) is 6.80. The molecule has 3 rings (SSSR count). The number of fused-ring (bicyclic) bond motifs is 2. The molecule has 2 fully saturated rings. The van der Waals surface area contributed by atoms with Crippen molar-refractivity contribution in [3.05, 3.63) is 21.4 Å². The van der Waals surface area contributed by atoms with Crippen LogP contribution in [0.15, 0.2) is 6.07 Å². The molecular formula is C15H23NS. The van der Waals surface area contributed by atoms with Crippen molar-refractivity contribution in [2.24, 2.45) is 11.8 Å². The van der Waals surface area contributed by atoms with Gasteiger partial charge in [0.15, 0.2) is 0 Å². The Morgan fingerprint density at radius 3 is 2.65 bits per heavy atom. The van der Waals surface area contributed by atoms with E-state index >= 15 is 0 Å². The van der Waals surface area contributed by atoms with Gasteiger partial charge in [0.2, 0.25) is 0 Å². The predicted molar refractivity (Wildman–Crippen MR) is 74.6 cm³/mol. The predicted octanol–water partition coefficient (Wildman–Crippen LogP) is 4.20. The van der Waals surface area contributed by atoms with Crippen LogP contribution in [0.1, 0.15) is 54.0 Å². The first-order chi connectivity index (χ1) is 8.13. The molecule has 0 radical (unpaired) electrons. The van der Waals surface area contributed by atoms with E-state index in [1.165, 1.54) is 41.0 Å². The Morgan fingerprint density at radius 1 is 1.29 bits per heavy atom. The molecule has 1 N–H and O–H groups in total. The van der Waals surface area contributed by atoms with Gasteiger partial charge in [-0.15, -0.1) is 11.3 Å². The van der Waals surface area contributed by atoms with Crippen LogP contribution in [-0.4, -0.2) is 6.04 Å². The van der Waals surface area contributed by atoms with Gasteiger partial charge in [0.05, 0.1) is 0 Å². The maximum Gasteiger partial charge on any atom is 0.0305 e. The molecule has 94 valence electrons. The van der Waals surface area contributed by atoms with Crippen molar-refractivity contribution < 1.29 is 0 Å². The molecule has 4 atom stereocenters. The number of hydrogen-bond acceptors (Lipinski definition) is 2. The normalized spacial score (nSPS) is 33.2. The maximum absolute atomic E-state index is 3.89. The fraction of sp³-hybridized carbons (Fsp3) is 0.733. The van der Waals surface area contributed by atoms with Crippen LogP contribution >= 0.6 is 11.3 Å².